The fraction of sp³-hybridized carbons (Fsp3) is 0.176. The van der Waals surface area contributed by atoms with E-state index in [0.29, 0.717) is 0 Å². The van der Waals surface area contributed by atoms with Gasteiger partial charge < -0.3 is 9.66 Å². The molecule has 0 amide bonds. The van der Waals surface area contributed by atoms with Crippen molar-refractivity contribution in [3.05, 3.63) is 76.8 Å². The lowest BCUT2D eigenvalue weighted by atomic mass is 10.1. The molecule has 0 radical (unpaired) electrons. The normalized spacial score (nSPS) is 11.1. The molecular weight excluding hydrogens is 336 g/mol. The standard InChI is InChI=1S/C10H11ClO.C7H8O3S/c11-10-6-4-9(5-7-10)3-1-2-8-12;1-6-2-4-7(5-3-6)11(8,9)10/h1-2,4-7,12H,3,8H2;2-5H,1H3,(H,8,9,10)/p-1/b2-1-;. The van der Waals surface area contributed by atoms with Gasteiger partial charge in [-0.25, -0.2) is 8.42 Å². The molecule has 0 heterocycles. The van der Waals surface area contributed by atoms with E-state index in [2.05, 4.69) is 0 Å². The summed E-state index contributed by atoms with van der Waals surface area (Å²) in [6.07, 6.45) is 4.51. The van der Waals surface area contributed by atoms with Crippen LogP contribution < -0.4 is 0 Å². The van der Waals surface area contributed by atoms with Gasteiger partial charge in [-0.1, -0.05) is 53.6 Å². The van der Waals surface area contributed by atoms with E-state index in [1.165, 1.54) is 17.7 Å². The summed E-state index contributed by atoms with van der Waals surface area (Å²) in [5.74, 6) is 0. The van der Waals surface area contributed by atoms with Crippen LogP contribution in [0.25, 0.3) is 0 Å². The Balaban J connectivity index is 0.000000231. The first-order chi connectivity index (χ1) is 10.8. The van der Waals surface area contributed by atoms with Crippen molar-refractivity contribution in [2.45, 2.75) is 18.2 Å². The summed E-state index contributed by atoms with van der Waals surface area (Å²) in [6.45, 7) is 1.93. The van der Waals surface area contributed by atoms with E-state index >= 15 is 0 Å². The van der Waals surface area contributed by atoms with Crippen molar-refractivity contribution in [2.75, 3.05) is 6.61 Å². The SMILES string of the molecule is Cc1ccc(S(=O)(=O)[O-])cc1.OC/C=C\Cc1ccc(Cl)cc1. The molecule has 1 N–H and O–H groups in total. The van der Waals surface area contributed by atoms with E-state index in [9.17, 15) is 13.0 Å². The molecule has 0 atom stereocenters. The Kier molecular flexibility index (Phi) is 7.98. The Hall–Kier alpha value is -1.66. The van der Waals surface area contributed by atoms with Crippen molar-refractivity contribution >= 4 is 21.7 Å². The van der Waals surface area contributed by atoms with Crippen molar-refractivity contribution in [1.29, 1.82) is 0 Å². The van der Waals surface area contributed by atoms with Gasteiger partial charge in [0.15, 0.2) is 0 Å². The van der Waals surface area contributed by atoms with Crippen molar-refractivity contribution in [2.24, 2.45) is 0 Å². The Labute approximate surface area is 141 Å². The maximum Gasteiger partial charge on any atom is 0.124 e. The lowest BCUT2D eigenvalue weighted by Gasteiger charge is -2.05. The first kappa shape index (κ1) is 19.4. The molecule has 124 valence electrons. The van der Waals surface area contributed by atoms with Crippen LogP contribution in [-0.2, 0) is 16.5 Å². The summed E-state index contributed by atoms with van der Waals surface area (Å²) >= 11 is 5.71. The number of allylic oxidation sites excluding steroid dienone is 1. The van der Waals surface area contributed by atoms with Gasteiger partial charge in [0.1, 0.15) is 10.1 Å². The van der Waals surface area contributed by atoms with Crippen LogP contribution in [0.5, 0.6) is 0 Å². The first-order valence-electron chi connectivity index (χ1n) is 6.86. The van der Waals surface area contributed by atoms with Crippen molar-refractivity contribution < 1.29 is 18.1 Å². The lowest BCUT2D eigenvalue weighted by molar-refractivity contribution is 0.342. The highest BCUT2D eigenvalue weighted by Crippen LogP contribution is 2.10. The number of hydrogen-bond acceptors (Lipinski definition) is 4. The molecule has 0 aliphatic carbocycles. The molecular formula is C17H18ClO4S-. The summed E-state index contributed by atoms with van der Waals surface area (Å²) in [5.41, 5.74) is 2.13. The fourth-order valence-electron chi connectivity index (χ4n) is 1.62. The number of hydrogen-bond donors (Lipinski definition) is 1. The van der Waals surface area contributed by atoms with Crippen LogP contribution in [0.3, 0.4) is 0 Å². The Bertz CT molecular complexity index is 720. The number of benzene rings is 2. The Morgan fingerprint density at radius 3 is 2.09 bits per heavy atom. The number of halogens is 1. The van der Waals surface area contributed by atoms with E-state index in [1.807, 2.05) is 37.3 Å². The highest BCUT2D eigenvalue weighted by Gasteiger charge is 1.97. The molecule has 2 rings (SSSR count). The van der Waals surface area contributed by atoms with Crippen LogP contribution >= 0.6 is 11.6 Å². The number of aliphatic hydroxyl groups is 1. The van der Waals surface area contributed by atoms with Crippen LogP contribution in [0.15, 0.2) is 65.6 Å². The van der Waals surface area contributed by atoms with Gasteiger partial charge in [-0.15, -0.1) is 0 Å². The second-order valence-corrected chi connectivity index (χ2v) is 6.57. The van der Waals surface area contributed by atoms with E-state index in [1.54, 1.807) is 18.2 Å². The maximum absolute atomic E-state index is 10.4. The molecule has 0 saturated carbocycles. The molecule has 0 aliphatic heterocycles. The minimum absolute atomic E-state index is 0.105. The van der Waals surface area contributed by atoms with Crippen LogP contribution in [0.1, 0.15) is 11.1 Å². The van der Waals surface area contributed by atoms with Crippen LogP contribution in [0, 0.1) is 6.92 Å². The third-order valence-corrected chi connectivity index (χ3v) is 3.95. The molecule has 0 bridgehead atoms. The summed E-state index contributed by atoms with van der Waals surface area (Å²) in [4.78, 5) is -0.178. The van der Waals surface area contributed by atoms with Crippen molar-refractivity contribution in [1.82, 2.24) is 0 Å². The van der Waals surface area contributed by atoms with Crippen molar-refractivity contribution in [3.8, 4) is 0 Å². The minimum Gasteiger partial charge on any atom is -0.744 e. The molecule has 0 fully saturated rings. The summed E-state index contributed by atoms with van der Waals surface area (Å²) < 4.78 is 31.2. The van der Waals surface area contributed by atoms with Gasteiger partial charge in [0.05, 0.1) is 11.5 Å². The average Bonchev–Trinajstić information content (AvgIpc) is 2.50. The molecule has 23 heavy (non-hydrogen) atoms. The molecule has 0 aromatic heterocycles. The third-order valence-electron chi connectivity index (χ3n) is 2.85. The van der Waals surface area contributed by atoms with Gasteiger partial charge in [-0.05, 0) is 43.2 Å². The average molecular weight is 354 g/mol. The zero-order chi connectivity index (χ0) is 17.3. The van der Waals surface area contributed by atoms with Crippen LogP contribution in [-0.4, -0.2) is 24.7 Å². The summed E-state index contributed by atoms with van der Waals surface area (Å²) in [7, 11) is -4.27. The molecule has 6 heteroatoms. The second kappa shape index (κ2) is 9.47. The Morgan fingerprint density at radius 2 is 1.61 bits per heavy atom. The second-order valence-electron chi connectivity index (χ2n) is 4.75. The molecule has 0 saturated heterocycles. The topological polar surface area (TPSA) is 77.4 Å². The van der Waals surface area contributed by atoms with Gasteiger partial charge >= 0.3 is 0 Å². The summed E-state index contributed by atoms with van der Waals surface area (Å²) in [6, 6.07) is 13.5. The van der Waals surface area contributed by atoms with Gasteiger partial charge in [0.25, 0.3) is 0 Å². The molecule has 0 spiro atoms. The number of aryl methyl sites for hydroxylation is 1. The maximum atomic E-state index is 10.4. The third kappa shape index (κ3) is 7.95. The van der Waals surface area contributed by atoms with E-state index in [-0.39, 0.29) is 11.5 Å². The number of rotatable bonds is 4. The van der Waals surface area contributed by atoms with E-state index < -0.39 is 10.1 Å². The number of aliphatic hydroxyl groups excluding tert-OH is 1. The largest absolute Gasteiger partial charge is 0.744 e. The van der Waals surface area contributed by atoms with Gasteiger partial charge in [-0.3, -0.25) is 0 Å². The van der Waals surface area contributed by atoms with E-state index in [0.717, 1.165) is 17.0 Å². The zero-order valence-corrected chi connectivity index (χ0v) is 14.2. The summed E-state index contributed by atoms with van der Waals surface area (Å²) in [5, 5.41) is 9.23. The molecule has 2 aromatic rings. The lowest BCUT2D eigenvalue weighted by Crippen LogP contribution is -1.97. The van der Waals surface area contributed by atoms with Gasteiger partial charge in [0.2, 0.25) is 0 Å². The fourth-order valence-corrected chi connectivity index (χ4v) is 2.21. The van der Waals surface area contributed by atoms with Crippen LogP contribution in [0.2, 0.25) is 5.02 Å². The van der Waals surface area contributed by atoms with Crippen molar-refractivity contribution in [3.63, 3.8) is 0 Å². The molecule has 4 nitrogen and oxygen atoms in total. The molecule has 2 aromatic carbocycles. The van der Waals surface area contributed by atoms with Gasteiger partial charge in [0, 0.05) is 5.02 Å². The monoisotopic (exact) mass is 353 g/mol. The predicted molar refractivity (Wildman–Crippen MR) is 90.5 cm³/mol. The first-order valence-corrected chi connectivity index (χ1v) is 8.64. The smallest absolute Gasteiger partial charge is 0.124 e. The highest BCUT2D eigenvalue weighted by atomic mass is 35.5. The predicted octanol–water partition coefficient (Wildman–Crippen LogP) is 3.33. The highest BCUT2D eigenvalue weighted by molar-refractivity contribution is 7.85. The van der Waals surface area contributed by atoms with E-state index in [4.69, 9.17) is 16.7 Å². The molecule has 0 unspecified atom stereocenters. The zero-order valence-electron chi connectivity index (χ0n) is 12.6. The Morgan fingerprint density at radius 1 is 1.04 bits per heavy atom. The minimum atomic E-state index is -4.27. The van der Waals surface area contributed by atoms with Crippen LogP contribution in [0.4, 0.5) is 0 Å². The van der Waals surface area contributed by atoms with Gasteiger partial charge in [-0.2, -0.15) is 0 Å². The molecule has 0 aliphatic rings. The quantitative estimate of drug-likeness (QED) is 0.675.